The number of benzene rings is 3. The van der Waals surface area contributed by atoms with Crippen molar-refractivity contribution in [1.29, 1.82) is 0 Å². The van der Waals surface area contributed by atoms with Crippen molar-refractivity contribution < 1.29 is 23.8 Å². The summed E-state index contributed by atoms with van der Waals surface area (Å²) in [6, 6.07) is 18.9. The van der Waals surface area contributed by atoms with Crippen molar-refractivity contribution >= 4 is 33.8 Å². The van der Waals surface area contributed by atoms with Gasteiger partial charge < -0.3 is 19.5 Å². The van der Waals surface area contributed by atoms with Crippen molar-refractivity contribution in [1.82, 2.24) is 4.90 Å². The molecule has 1 aliphatic rings. The first-order chi connectivity index (χ1) is 16.6. The summed E-state index contributed by atoms with van der Waals surface area (Å²) in [5, 5.41) is 5.27. The van der Waals surface area contributed by atoms with E-state index < -0.39 is 0 Å². The van der Waals surface area contributed by atoms with E-state index in [1.807, 2.05) is 49.4 Å². The van der Waals surface area contributed by atoms with Gasteiger partial charge in [0.2, 0.25) is 0 Å². The molecule has 0 atom stereocenters. The van der Waals surface area contributed by atoms with Crippen LogP contribution in [0.5, 0.6) is 11.5 Å². The van der Waals surface area contributed by atoms with Crippen LogP contribution in [-0.4, -0.2) is 50.7 Å². The molecular formula is C27H28N2O5. The van der Waals surface area contributed by atoms with Gasteiger partial charge in [0.1, 0.15) is 5.70 Å². The van der Waals surface area contributed by atoms with Gasteiger partial charge in [0.05, 0.1) is 19.8 Å². The molecule has 0 bridgehead atoms. The highest BCUT2D eigenvalue weighted by atomic mass is 16.5. The number of fused-ring (bicyclic) bond motifs is 1. The number of carbonyl (C=O) groups is 2. The van der Waals surface area contributed by atoms with Crippen LogP contribution in [0, 0.1) is 0 Å². The molecule has 3 aromatic carbocycles. The molecule has 1 N–H and O–H groups in total. The summed E-state index contributed by atoms with van der Waals surface area (Å²) in [4.78, 5) is 28.2. The zero-order chi connectivity index (χ0) is 24.1. The average molecular weight is 461 g/mol. The lowest BCUT2D eigenvalue weighted by atomic mass is 10.0. The molecule has 1 aliphatic heterocycles. The summed E-state index contributed by atoms with van der Waals surface area (Å²) in [7, 11) is 3.08. The summed E-state index contributed by atoms with van der Waals surface area (Å²) in [6.07, 6.45) is 0.562. The SMILES string of the molecule is CCOCCCN1C(=O)C(Nc2cccc3ccccc23)=C(c2ccc(OC)c(OC)c2)C1=O. The molecule has 34 heavy (non-hydrogen) atoms. The molecule has 0 spiro atoms. The maximum atomic E-state index is 13.5. The van der Waals surface area contributed by atoms with Crippen molar-refractivity contribution in [3.8, 4) is 11.5 Å². The van der Waals surface area contributed by atoms with Gasteiger partial charge in [-0.1, -0.05) is 42.5 Å². The third kappa shape index (κ3) is 4.47. The molecule has 0 saturated carbocycles. The lowest BCUT2D eigenvalue weighted by molar-refractivity contribution is -0.137. The number of amides is 2. The molecule has 0 radical (unpaired) electrons. The van der Waals surface area contributed by atoms with E-state index in [2.05, 4.69) is 5.32 Å². The molecule has 4 rings (SSSR count). The van der Waals surface area contributed by atoms with Crippen LogP contribution >= 0.6 is 0 Å². The van der Waals surface area contributed by atoms with E-state index in [0.717, 1.165) is 16.5 Å². The summed E-state index contributed by atoms with van der Waals surface area (Å²) >= 11 is 0. The first-order valence-electron chi connectivity index (χ1n) is 11.2. The zero-order valence-electron chi connectivity index (χ0n) is 19.6. The monoisotopic (exact) mass is 460 g/mol. The van der Waals surface area contributed by atoms with E-state index in [-0.39, 0.29) is 24.1 Å². The Bertz CT molecular complexity index is 1250. The molecule has 2 amide bonds. The number of methoxy groups -OCH3 is 2. The number of nitrogens with zero attached hydrogens (tertiary/aromatic N) is 1. The Hall–Kier alpha value is -3.84. The van der Waals surface area contributed by atoms with E-state index in [1.54, 1.807) is 25.3 Å². The molecule has 176 valence electrons. The van der Waals surface area contributed by atoms with Crippen LogP contribution in [0.3, 0.4) is 0 Å². The molecule has 0 aliphatic carbocycles. The summed E-state index contributed by atoms with van der Waals surface area (Å²) in [6.45, 7) is 3.25. The summed E-state index contributed by atoms with van der Waals surface area (Å²) in [5.74, 6) is 0.309. The number of ether oxygens (including phenoxy) is 3. The predicted molar refractivity (Wildman–Crippen MR) is 132 cm³/mol. The molecule has 1 heterocycles. The second-order valence-corrected chi connectivity index (χ2v) is 7.78. The van der Waals surface area contributed by atoms with Crippen molar-refractivity contribution in [2.45, 2.75) is 13.3 Å². The number of nitrogens with one attached hydrogen (secondary N) is 1. The van der Waals surface area contributed by atoms with Gasteiger partial charge in [0.15, 0.2) is 11.5 Å². The third-order valence-electron chi connectivity index (χ3n) is 5.76. The van der Waals surface area contributed by atoms with Crippen molar-refractivity contribution in [3.05, 3.63) is 71.9 Å². The number of hydrogen-bond acceptors (Lipinski definition) is 6. The fraction of sp³-hybridized carbons (Fsp3) is 0.259. The van der Waals surface area contributed by atoms with E-state index >= 15 is 0 Å². The Morgan fingerprint density at radius 1 is 0.882 bits per heavy atom. The van der Waals surface area contributed by atoms with Gasteiger partial charge >= 0.3 is 0 Å². The van der Waals surface area contributed by atoms with Crippen LogP contribution < -0.4 is 14.8 Å². The van der Waals surface area contributed by atoms with Gasteiger partial charge in [-0.2, -0.15) is 0 Å². The molecule has 3 aromatic rings. The first-order valence-corrected chi connectivity index (χ1v) is 11.2. The zero-order valence-corrected chi connectivity index (χ0v) is 19.6. The molecule has 0 saturated heterocycles. The maximum absolute atomic E-state index is 13.5. The minimum absolute atomic E-state index is 0.241. The lowest BCUT2D eigenvalue weighted by Gasteiger charge is -2.15. The Balaban J connectivity index is 1.77. The normalized spacial score (nSPS) is 13.7. The number of carbonyl (C=O) groups excluding carboxylic acids is 2. The van der Waals surface area contributed by atoms with Gasteiger partial charge in [-0.15, -0.1) is 0 Å². The Kier molecular flexibility index (Phi) is 7.13. The van der Waals surface area contributed by atoms with Gasteiger partial charge in [0, 0.05) is 30.8 Å². The molecule has 0 unspecified atom stereocenters. The van der Waals surface area contributed by atoms with E-state index in [4.69, 9.17) is 14.2 Å². The van der Waals surface area contributed by atoms with Gasteiger partial charge in [-0.25, -0.2) is 0 Å². The second kappa shape index (κ2) is 10.4. The fourth-order valence-electron chi connectivity index (χ4n) is 4.09. The van der Waals surface area contributed by atoms with E-state index in [0.29, 0.717) is 42.3 Å². The smallest absolute Gasteiger partial charge is 0.278 e. The van der Waals surface area contributed by atoms with Gasteiger partial charge in [-0.05, 0) is 42.5 Å². The molecular weight excluding hydrogens is 432 g/mol. The number of anilines is 1. The first kappa shape index (κ1) is 23.3. The number of imide groups is 1. The highest BCUT2D eigenvalue weighted by Crippen LogP contribution is 2.36. The van der Waals surface area contributed by atoms with E-state index in [1.165, 1.54) is 12.0 Å². The molecule has 0 aromatic heterocycles. The highest BCUT2D eigenvalue weighted by Gasteiger charge is 2.39. The third-order valence-corrected chi connectivity index (χ3v) is 5.76. The molecule has 7 nitrogen and oxygen atoms in total. The minimum atomic E-state index is -0.362. The van der Waals surface area contributed by atoms with Crippen molar-refractivity contribution in [3.63, 3.8) is 0 Å². The minimum Gasteiger partial charge on any atom is -0.493 e. The fourth-order valence-corrected chi connectivity index (χ4v) is 4.09. The van der Waals surface area contributed by atoms with Gasteiger partial charge in [-0.3, -0.25) is 14.5 Å². The molecule has 0 fully saturated rings. The van der Waals surface area contributed by atoms with Crippen LogP contribution in [0.4, 0.5) is 5.69 Å². The van der Waals surface area contributed by atoms with Crippen LogP contribution in [0.15, 0.2) is 66.4 Å². The van der Waals surface area contributed by atoms with E-state index in [9.17, 15) is 9.59 Å². The maximum Gasteiger partial charge on any atom is 0.278 e. The van der Waals surface area contributed by atoms with Crippen LogP contribution in [0.2, 0.25) is 0 Å². The van der Waals surface area contributed by atoms with Crippen LogP contribution in [0.1, 0.15) is 18.9 Å². The highest BCUT2D eigenvalue weighted by molar-refractivity contribution is 6.36. The van der Waals surface area contributed by atoms with Crippen molar-refractivity contribution in [2.75, 3.05) is 39.3 Å². The van der Waals surface area contributed by atoms with Crippen LogP contribution in [0.25, 0.3) is 16.3 Å². The topological polar surface area (TPSA) is 77.1 Å². The number of hydrogen-bond donors (Lipinski definition) is 1. The standard InChI is InChI=1S/C27H28N2O5/c1-4-34-16-8-15-29-26(30)24(19-13-14-22(32-2)23(17-19)33-3)25(27(29)31)28-21-12-7-10-18-9-5-6-11-20(18)21/h5-7,9-14,17,28H,4,8,15-16H2,1-3H3. The Morgan fingerprint density at radius 2 is 1.65 bits per heavy atom. The Morgan fingerprint density at radius 3 is 2.41 bits per heavy atom. The predicted octanol–water partition coefficient (Wildman–Crippen LogP) is 4.48. The van der Waals surface area contributed by atoms with Crippen molar-refractivity contribution in [2.24, 2.45) is 0 Å². The molecule has 7 heteroatoms. The quantitative estimate of drug-likeness (QED) is 0.355. The summed E-state index contributed by atoms with van der Waals surface area (Å²) < 4.78 is 16.2. The summed E-state index contributed by atoms with van der Waals surface area (Å²) in [5.41, 5.74) is 1.87. The number of rotatable bonds is 10. The lowest BCUT2D eigenvalue weighted by Crippen LogP contribution is -2.34. The second-order valence-electron chi connectivity index (χ2n) is 7.78. The largest absolute Gasteiger partial charge is 0.493 e. The van der Waals surface area contributed by atoms with Gasteiger partial charge in [0.25, 0.3) is 11.8 Å². The van der Waals surface area contributed by atoms with Crippen LogP contribution in [-0.2, 0) is 14.3 Å². The average Bonchev–Trinajstić information content (AvgIpc) is 3.10. The Labute approximate surface area is 198 Å².